The Morgan fingerprint density at radius 3 is 3.05 bits per heavy atom. The van der Waals surface area contributed by atoms with Crippen LogP contribution in [0.25, 0.3) is 0 Å². The van der Waals surface area contributed by atoms with Crippen molar-refractivity contribution in [2.24, 2.45) is 5.92 Å². The number of thiazole rings is 1. The van der Waals surface area contributed by atoms with Gasteiger partial charge in [-0.25, -0.2) is 13.4 Å². The maximum absolute atomic E-state index is 12.1. The predicted octanol–water partition coefficient (Wildman–Crippen LogP) is 3.13. The van der Waals surface area contributed by atoms with E-state index in [0.717, 1.165) is 25.0 Å². The lowest BCUT2D eigenvalue weighted by Crippen LogP contribution is -2.11. The minimum atomic E-state index is -3.47. The Bertz CT molecular complexity index is 674. The van der Waals surface area contributed by atoms with Crippen LogP contribution in [0.4, 0.5) is 5.13 Å². The fourth-order valence-electron chi connectivity index (χ4n) is 2.17. The molecule has 0 spiro atoms. The van der Waals surface area contributed by atoms with Crippen LogP contribution in [0.1, 0.15) is 23.9 Å². The van der Waals surface area contributed by atoms with Gasteiger partial charge in [0.2, 0.25) is 0 Å². The van der Waals surface area contributed by atoms with Crippen molar-refractivity contribution in [1.29, 1.82) is 0 Å². The first-order valence-electron chi connectivity index (χ1n) is 6.09. The van der Waals surface area contributed by atoms with Crippen LogP contribution in [0.3, 0.4) is 0 Å². The highest BCUT2D eigenvalue weighted by Gasteiger charge is 2.22. The molecule has 3 rings (SSSR count). The summed E-state index contributed by atoms with van der Waals surface area (Å²) < 4.78 is 27.1. The fraction of sp³-hybridized carbons (Fsp3) is 0.417. The Hall–Kier alpha value is -0.920. The van der Waals surface area contributed by atoms with Gasteiger partial charge in [-0.05, 0) is 36.6 Å². The fourth-order valence-corrected chi connectivity index (χ4v) is 5.56. The molecule has 1 atom stereocenters. The van der Waals surface area contributed by atoms with Crippen LogP contribution in [0.5, 0.6) is 0 Å². The highest BCUT2D eigenvalue weighted by Crippen LogP contribution is 2.33. The average molecular weight is 314 g/mol. The van der Waals surface area contributed by atoms with Gasteiger partial charge in [-0.3, -0.25) is 4.72 Å². The monoisotopic (exact) mass is 314 g/mol. The molecule has 102 valence electrons. The smallest absolute Gasteiger partial charge is 0.254 e. The minimum Gasteiger partial charge on any atom is -0.254 e. The van der Waals surface area contributed by atoms with Gasteiger partial charge < -0.3 is 0 Å². The van der Waals surface area contributed by atoms with Crippen molar-refractivity contribution < 1.29 is 8.42 Å². The molecular weight excluding hydrogens is 300 g/mol. The molecule has 0 aromatic carbocycles. The Morgan fingerprint density at radius 2 is 2.32 bits per heavy atom. The molecule has 1 aliphatic carbocycles. The summed E-state index contributed by atoms with van der Waals surface area (Å²) in [5.74, 6) is 0.662. The largest absolute Gasteiger partial charge is 0.273 e. The Labute approximate surface area is 120 Å². The van der Waals surface area contributed by atoms with Gasteiger partial charge >= 0.3 is 0 Å². The molecule has 2 aromatic heterocycles. The number of nitrogens with zero attached hydrogens (tertiary/aromatic N) is 1. The summed E-state index contributed by atoms with van der Waals surface area (Å²) >= 11 is 2.68. The van der Waals surface area contributed by atoms with Crippen molar-refractivity contribution in [3.8, 4) is 0 Å². The van der Waals surface area contributed by atoms with E-state index >= 15 is 0 Å². The van der Waals surface area contributed by atoms with Crippen molar-refractivity contribution in [2.45, 2.75) is 30.4 Å². The first-order chi connectivity index (χ1) is 9.04. The van der Waals surface area contributed by atoms with E-state index < -0.39 is 10.0 Å². The Balaban J connectivity index is 1.85. The molecule has 0 saturated heterocycles. The van der Waals surface area contributed by atoms with Crippen molar-refractivity contribution in [3.05, 3.63) is 28.1 Å². The molecule has 0 fully saturated rings. The van der Waals surface area contributed by atoms with Crippen LogP contribution >= 0.6 is 22.7 Å². The Kier molecular flexibility index (Phi) is 3.36. The number of anilines is 1. The van der Waals surface area contributed by atoms with E-state index in [-0.39, 0.29) is 0 Å². The summed E-state index contributed by atoms with van der Waals surface area (Å²) in [6.07, 6.45) is 3.09. The van der Waals surface area contributed by atoms with E-state index in [9.17, 15) is 8.42 Å². The van der Waals surface area contributed by atoms with Gasteiger partial charge in [0.1, 0.15) is 4.21 Å². The van der Waals surface area contributed by atoms with Gasteiger partial charge in [0.15, 0.2) is 5.13 Å². The molecule has 0 radical (unpaired) electrons. The van der Waals surface area contributed by atoms with Crippen LogP contribution < -0.4 is 4.72 Å². The second-order valence-electron chi connectivity index (χ2n) is 4.77. The summed E-state index contributed by atoms with van der Waals surface area (Å²) in [6, 6.07) is 3.33. The molecule has 0 aliphatic heterocycles. The number of hydrogen-bond donors (Lipinski definition) is 1. The zero-order valence-electron chi connectivity index (χ0n) is 10.4. The number of thiophene rings is 1. The number of nitrogens with one attached hydrogen (secondary N) is 1. The van der Waals surface area contributed by atoms with Gasteiger partial charge in [0.25, 0.3) is 10.0 Å². The number of hydrogen-bond acceptors (Lipinski definition) is 5. The molecule has 1 unspecified atom stereocenters. The number of fused-ring (bicyclic) bond motifs is 1. The second kappa shape index (κ2) is 4.88. The first-order valence-corrected chi connectivity index (χ1v) is 9.27. The van der Waals surface area contributed by atoms with Crippen LogP contribution in [0, 0.1) is 5.92 Å². The quantitative estimate of drug-likeness (QED) is 0.947. The first kappa shape index (κ1) is 13.1. The summed E-state index contributed by atoms with van der Waals surface area (Å²) in [5.41, 5.74) is 1.06. The van der Waals surface area contributed by atoms with E-state index in [0.29, 0.717) is 15.3 Å². The number of aryl methyl sites for hydroxylation is 1. The van der Waals surface area contributed by atoms with Crippen molar-refractivity contribution >= 4 is 37.8 Å². The van der Waals surface area contributed by atoms with Crippen molar-refractivity contribution in [1.82, 2.24) is 4.98 Å². The van der Waals surface area contributed by atoms with Gasteiger partial charge in [-0.15, -0.1) is 22.7 Å². The Morgan fingerprint density at radius 1 is 1.47 bits per heavy atom. The summed E-state index contributed by atoms with van der Waals surface area (Å²) in [4.78, 5) is 5.64. The van der Waals surface area contributed by atoms with Gasteiger partial charge in [0.05, 0.1) is 5.69 Å². The zero-order valence-corrected chi connectivity index (χ0v) is 12.9. The lowest BCUT2D eigenvalue weighted by Gasteiger charge is -2.15. The zero-order chi connectivity index (χ0) is 13.5. The normalized spacial score (nSPS) is 19.1. The number of sulfonamides is 1. The molecule has 1 N–H and O–H groups in total. The van der Waals surface area contributed by atoms with Crippen LogP contribution in [0.2, 0.25) is 0 Å². The SMILES string of the molecule is CC1CCc2nc(NS(=O)(=O)c3cccs3)sc2C1. The number of rotatable bonds is 3. The van der Waals surface area contributed by atoms with E-state index in [4.69, 9.17) is 0 Å². The molecule has 0 saturated carbocycles. The van der Waals surface area contributed by atoms with Crippen LogP contribution in [-0.2, 0) is 22.9 Å². The number of aromatic nitrogens is 1. The van der Waals surface area contributed by atoms with E-state index in [2.05, 4.69) is 16.6 Å². The molecular formula is C12H14N2O2S3. The van der Waals surface area contributed by atoms with Crippen LogP contribution in [0.15, 0.2) is 21.7 Å². The highest BCUT2D eigenvalue weighted by molar-refractivity contribution is 7.94. The molecule has 4 nitrogen and oxygen atoms in total. The van der Waals surface area contributed by atoms with Crippen molar-refractivity contribution in [3.63, 3.8) is 0 Å². The third-order valence-electron chi connectivity index (χ3n) is 3.17. The lowest BCUT2D eigenvalue weighted by atomic mass is 9.93. The minimum absolute atomic E-state index is 0.328. The average Bonchev–Trinajstić information content (AvgIpc) is 2.95. The third-order valence-corrected chi connectivity index (χ3v) is 7.07. The molecule has 19 heavy (non-hydrogen) atoms. The van der Waals surface area contributed by atoms with Gasteiger partial charge in [-0.1, -0.05) is 13.0 Å². The third kappa shape index (κ3) is 2.68. The maximum Gasteiger partial charge on any atom is 0.273 e. The molecule has 2 aromatic rings. The summed E-state index contributed by atoms with van der Waals surface area (Å²) in [5, 5.41) is 2.25. The maximum atomic E-state index is 12.1. The molecule has 2 heterocycles. The van der Waals surface area contributed by atoms with E-state index in [1.807, 2.05) is 0 Å². The molecule has 7 heteroatoms. The standard InChI is InChI=1S/C12H14N2O2S3/c1-8-4-5-9-10(7-8)18-12(13-9)14-19(15,16)11-3-2-6-17-11/h2-3,6,8H,4-5,7H2,1H3,(H,13,14). The lowest BCUT2D eigenvalue weighted by molar-refractivity contribution is 0.502. The summed E-state index contributed by atoms with van der Waals surface area (Å²) in [7, 11) is -3.47. The van der Waals surface area contributed by atoms with E-state index in [1.54, 1.807) is 17.5 Å². The van der Waals surface area contributed by atoms with Crippen LogP contribution in [-0.4, -0.2) is 13.4 Å². The predicted molar refractivity (Wildman–Crippen MR) is 78.4 cm³/mol. The van der Waals surface area contributed by atoms with E-state index in [1.165, 1.54) is 27.6 Å². The molecule has 1 aliphatic rings. The van der Waals surface area contributed by atoms with Crippen molar-refractivity contribution in [2.75, 3.05) is 4.72 Å². The summed E-state index contributed by atoms with van der Waals surface area (Å²) in [6.45, 7) is 2.22. The topological polar surface area (TPSA) is 59.1 Å². The molecule has 0 bridgehead atoms. The molecule has 0 amide bonds. The van der Waals surface area contributed by atoms with Gasteiger partial charge in [0, 0.05) is 4.88 Å². The second-order valence-corrected chi connectivity index (χ2v) is 8.72. The highest BCUT2D eigenvalue weighted by atomic mass is 32.2. The van der Waals surface area contributed by atoms with Gasteiger partial charge in [-0.2, -0.15) is 0 Å².